The molecule has 7 heteroatoms. The van der Waals surface area contributed by atoms with Crippen molar-refractivity contribution >= 4 is 22.6 Å². The fourth-order valence-electron chi connectivity index (χ4n) is 3.95. The Morgan fingerprint density at radius 1 is 1.21 bits per heavy atom. The van der Waals surface area contributed by atoms with E-state index in [9.17, 15) is 9.59 Å². The molecule has 2 aromatic heterocycles. The minimum atomic E-state index is 0.0711. The summed E-state index contributed by atoms with van der Waals surface area (Å²) in [6, 6.07) is 7.79. The van der Waals surface area contributed by atoms with Gasteiger partial charge in [0.1, 0.15) is 6.54 Å². The molecule has 3 aromatic rings. The molecule has 7 nitrogen and oxygen atoms in total. The summed E-state index contributed by atoms with van der Waals surface area (Å²) in [6.07, 6.45) is 6.18. The maximum Gasteiger partial charge on any atom is 0.242 e. The number of hydrogen-bond donors (Lipinski definition) is 0. The molecule has 1 aliphatic rings. The Balaban J connectivity index is 1.48. The standard InChI is InChI=1S/C21H24N4O3/c1-2-5-19(26)17-12-25(18-7-4-3-6-16(17)18)13-20(27)24-10-8-15(9-11-24)21-22-14-28-23-21/h3-4,6-7,12,14-15H,2,5,8-11,13H2,1H3. The summed E-state index contributed by atoms with van der Waals surface area (Å²) in [7, 11) is 0. The van der Waals surface area contributed by atoms with Gasteiger partial charge in [-0.25, -0.2) is 0 Å². The Labute approximate surface area is 163 Å². The molecule has 0 spiro atoms. The molecule has 0 bridgehead atoms. The third kappa shape index (κ3) is 3.56. The van der Waals surface area contributed by atoms with E-state index in [0.717, 1.165) is 36.0 Å². The van der Waals surface area contributed by atoms with Crippen LogP contribution < -0.4 is 0 Å². The van der Waals surface area contributed by atoms with E-state index in [1.165, 1.54) is 6.39 Å². The molecular formula is C21H24N4O3. The second kappa shape index (κ2) is 7.96. The van der Waals surface area contributed by atoms with Gasteiger partial charge in [0.15, 0.2) is 11.6 Å². The van der Waals surface area contributed by atoms with Crippen molar-refractivity contribution in [2.75, 3.05) is 13.1 Å². The predicted octanol–water partition coefficient (Wildman–Crippen LogP) is 3.41. The van der Waals surface area contributed by atoms with E-state index in [4.69, 9.17) is 4.52 Å². The van der Waals surface area contributed by atoms with E-state index >= 15 is 0 Å². The molecule has 146 valence electrons. The fourth-order valence-corrected chi connectivity index (χ4v) is 3.95. The van der Waals surface area contributed by atoms with Crippen molar-refractivity contribution < 1.29 is 14.1 Å². The van der Waals surface area contributed by atoms with Gasteiger partial charge in [0.25, 0.3) is 0 Å². The van der Waals surface area contributed by atoms with Gasteiger partial charge in [-0.2, -0.15) is 4.98 Å². The number of para-hydroxylation sites is 1. The third-order valence-corrected chi connectivity index (χ3v) is 5.46. The summed E-state index contributed by atoms with van der Waals surface area (Å²) in [5.74, 6) is 1.17. The topological polar surface area (TPSA) is 81.2 Å². The highest BCUT2D eigenvalue weighted by atomic mass is 16.5. The van der Waals surface area contributed by atoms with Crippen LogP contribution in [-0.4, -0.2) is 44.4 Å². The van der Waals surface area contributed by atoms with Crippen LogP contribution in [0.2, 0.25) is 0 Å². The summed E-state index contributed by atoms with van der Waals surface area (Å²) < 4.78 is 6.74. The van der Waals surface area contributed by atoms with Gasteiger partial charge in [0.2, 0.25) is 12.3 Å². The molecule has 1 aromatic carbocycles. The van der Waals surface area contributed by atoms with Crippen LogP contribution in [0.1, 0.15) is 54.7 Å². The number of aromatic nitrogens is 3. The normalized spacial score (nSPS) is 15.2. The van der Waals surface area contributed by atoms with Crippen molar-refractivity contribution in [3.63, 3.8) is 0 Å². The minimum Gasteiger partial charge on any atom is -0.343 e. The smallest absolute Gasteiger partial charge is 0.242 e. The SMILES string of the molecule is CCCC(=O)c1cn(CC(=O)N2CCC(c3ncon3)CC2)c2ccccc12. The molecule has 0 unspecified atom stereocenters. The first kappa shape index (κ1) is 18.4. The second-order valence-electron chi connectivity index (χ2n) is 7.31. The van der Waals surface area contributed by atoms with Gasteiger partial charge in [-0.3, -0.25) is 9.59 Å². The Morgan fingerprint density at radius 2 is 2.00 bits per heavy atom. The van der Waals surface area contributed by atoms with Crippen LogP contribution in [0.25, 0.3) is 10.9 Å². The highest BCUT2D eigenvalue weighted by Crippen LogP contribution is 2.26. The minimum absolute atomic E-state index is 0.0711. The lowest BCUT2D eigenvalue weighted by atomic mass is 9.96. The number of fused-ring (bicyclic) bond motifs is 1. The molecule has 3 heterocycles. The Hall–Kier alpha value is -2.96. The zero-order chi connectivity index (χ0) is 19.5. The maximum atomic E-state index is 12.9. The fraction of sp³-hybridized carbons (Fsp3) is 0.429. The van der Waals surface area contributed by atoms with E-state index < -0.39 is 0 Å². The first-order valence-corrected chi connectivity index (χ1v) is 9.82. The monoisotopic (exact) mass is 380 g/mol. The van der Waals surface area contributed by atoms with Crippen molar-refractivity contribution in [2.45, 2.75) is 45.1 Å². The van der Waals surface area contributed by atoms with Crippen LogP contribution in [0, 0.1) is 0 Å². The number of amides is 1. The molecule has 28 heavy (non-hydrogen) atoms. The second-order valence-corrected chi connectivity index (χ2v) is 7.31. The maximum absolute atomic E-state index is 12.9. The molecule has 1 amide bonds. The van der Waals surface area contributed by atoms with Gasteiger partial charge >= 0.3 is 0 Å². The van der Waals surface area contributed by atoms with Crippen molar-refractivity contribution in [2.24, 2.45) is 0 Å². The van der Waals surface area contributed by atoms with E-state index in [1.807, 2.05) is 46.9 Å². The molecule has 0 aliphatic carbocycles. The van der Waals surface area contributed by atoms with E-state index in [0.29, 0.717) is 25.1 Å². The average molecular weight is 380 g/mol. The molecule has 0 N–H and O–H groups in total. The average Bonchev–Trinajstić information content (AvgIpc) is 3.37. The van der Waals surface area contributed by atoms with Crippen LogP contribution in [0.5, 0.6) is 0 Å². The van der Waals surface area contributed by atoms with E-state index in [-0.39, 0.29) is 24.2 Å². The molecule has 1 fully saturated rings. The van der Waals surface area contributed by atoms with Gasteiger partial charge in [0.05, 0.1) is 0 Å². The molecule has 0 radical (unpaired) electrons. The predicted molar refractivity (Wildman–Crippen MR) is 104 cm³/mol. The number of carbonyl (C=O) groups is 2. The number of carbonyl (C=O) groups excluding carboxylic acids is 2. The van der Waals surface area contributed by atoms with Crippen molar-refractivity contribution in [1.82, 2.24) is 19.6 Å². The Kier molecular flexibility index (Phi) is 5.23. The highest BCUT2D eigenvalue weighted by molar-refractivity contribution is 6.08. The van der Waals surface area contributed by atoms with Gasteiger partial charge in [0, 0.05) is 48.1 Å². The van der Waals surface area contributed by atoms with E-state index in [2.05, 4.69) is 10.1 Å². The van der Waals surface area contributed by atoms with Gasteiger partial charge in [-0.15, -0.1) is 0 Å². The summed E-state index contributed by atoms with van der Waals surface area (Å²) in [5, 5.41) is 4.84. The summed E-state index contributed by atoms with van der Waals surface area (Å²) in [5.41, 5.74) is 1.64. The summed E-state index contributed by atoms with van der Waals surface area (Å²) in [6.45, 7) is 3.60. The van der Waals surface area contributed by atoms with Crippen molar-refractivity contribution in [3.05, 3.63) is 48.2 Å². The zero-order valence-corrected chi connectivity index (χ0v) is 16.0. The summed E-state index contributed by atoms with van der Waals surface area (Å²) >= 11 is 0. The van der Waals surface area contributed by atoms with Crippen LogP contribution >= 0.6 is 0 Å². The molecule has 0 atom stereocenters. The Morgan fingerprint density at radius 3 is 2.71 bits per heavy atom. The number of hydrogen-bond acceptors (Lipinski definition) is 5. The van der Waals surface area contributed by atoms with Gasteiger partial charge in [-0.1, -0.05) is 30.3 Å². The van der Waals surface area contributed by atoms with Crippen LogP contribution in [0.4, 0.5) is 0 Å². The largest absolute Gasteiger partial charge is 0.343 e. The molecule has 0 saturated carbocycles. The number of likely N-dealkylation sites (tertiary alicyclic amines) is 1. The number of rotatable bonds is 6. The molecule has 4 rings (SSSR count). The Bertz CT molecular complexity index is 969. The van der Waals surface area contributed by atoms with Gasteiger partial charge in [-0.05, 0) is 25.3 Å². The summed E-state index contributed by atoms with van der Waals surface area (Å²) in [4.78, 5) is 31.4. The van der Waals surface area contributed by atoms with Crippen LogP contribution in [-0.2, 0) is 11.3 Å². The van der Waals surface area contributed by atoms with E-state index in [1.54, 1.807) is 0 Å². The third-order valence-electron chi connectivity index (χ3n) is 5.46. The van der Waals surface area contributed by atoms with Crippen molar-refractivity contribution in [1.29, 1.82) is 0 Å². The molecule has 1 aliphatic heterocycles. The van der Waals surface area contributed by atoms with Crippen LogP contribution in [0.3, 0.4) is 0 Å². The zero-order valence-electron chi connectivity index (χ0n) is 16.0. The number of piperidine rings is 1. The number of benzene rings is 1. The number of ketones is 1. The molecule has 1 saturated heterocycles. The number of nitrogens with zero attached hydrogens (tertiary/aromatic N) is 4. The quantitative estimate of drug-likeness (QED) is 0.612. The first-order valence-electron chi connectivity index (χ1n) is 9.82. The van der Waals surface area contributed by atoms with Gasteiger partial charge < -0.3 is 14.0 Å². The highest BCUT2D eigenvalue weighted by Gasteiger charge is 2.26. The first-order chi connectivity index (χ1) is 13.7. The lowest BCUT2D eigenvalue weighted by Crippen LogP contribution is -2.39. The van der Waals surface area contributed by atoms with Crippen LogP contribution in [0.15, 0.2) is 41.4 Å². The van der Waals surface area contributed by atoms with Crippen molar-refractivity contribution in [3.8, 4) is 0 Å². The number of Topliss-reactive ketones (excluding diaryl/α,β-unsaturated/α-hetero) is 1. The lowest BCUT2D eigenvalue weighted by Gasteiger charge is -2.30. The molecular weight excluding hydrogens is 356 g/mol. The lowest BCUT2D eigenvalue weighted by molar-refractivity contribution is -0.132.